The maximum atomic E-state index is 12.3. The van der Waals surface area contributed by atoms with Crippen molar-refractivity contribution in [2.45, 2.75) is 70.3 Å². The van der Waals surface area contributed by atoms with Crippen molar-refractivity contribution in [3.05, 3.63) is 0 Å². The highest BCUT2D eigenvalue weighted by Gasteiger charge is 2.34. The van der Waals surface area contributed by atoms with Gasteiger partial charge in [0, 0.05) is 18.5 Å². The first-order valence-electron chi connectivity index (χ1n) is 8.84. The first-order valence-corrected chi connectivity index (χ1v) is 8.84. The van der Waals surface area contributed by atoms with E-state index < -0.39 is 0 Å². The van der Waals surface area contributed by atoms with Gasteiger partial charge in [-0.1, -0.05) is 25.7 Å². The predicted molar refractivity (Wildman–Crippen MR) is 88.7 cm³/mol. The molecule has 1 heterocycles. The van der Waals surface area contributed by atoms with E-state index in [1.165, 1.54) is 44.9 Å². The van der Waals surface area contributed by atoms with Gasteiger partial charge in [0.2, 0.25) is 5.91 Å². The van der Waals surface area contributed by atoms with Crippen LogP contribution in [0.15, 0.2) is 0 Å². The first-order chi connectivity index (χ1) is 9.83. The Kier molecular flexibility index (Phi) is 6.81. The second-order valence-corrected chi connectivity index (χ2v) is 7.19. The summed E-state index contributed by atoms with van der Waals surface area (Å²) in [6.07, 6.45) is 12.9. The minimum Gasteiger partial charge on any atom is -0.356 e. The smallest absolute Gasteiger partial charge is 0.223 e. The SMILES string of the molecule is Cl.O=C(NCC[C@H]1CCCN1)C1CCC2CCCCC2C1. The fourth-order valence-corrected chi connectivity index (χ4v) is 4.63. The van der Waals surface area contributed by atoms with Crippen LogP contribution in [0.3, 0.4) is 0 Å². The van der Waals surface area contributed by atoms with Crippen LogP contribution in [-0.4, -0.2) is 25.0 Å². The lowest BCUT2D eigenvalue weighted by Gasteiger charge is -2.38. The van der Waals surface area contributed by atoms with E-state index in [2.05, 4.69) is 10.6 Å². The van der Waals surface area contributed by atoms with Gasteiger partial charge in [-0.05, 0) is 56.9 Å². The normalized spacial score (nSPS) is 35.6. The van der Waals surface area contributed by atoms with Crippen molar-refractivity contribution >= 4 is 18.3 Å². The molecule has 122 valence electrons. The van der Waals surface area contributed by atoms with Gasteiger partial charge >= 0.3 is 0 Å². The first kappa shape index (κ1) is 17.1. The molecule has 0 aromatic heterocycles. The third-order valence-corrected chi connectivity index (χ3v) is 5.86. The largest absolute Gasteiger partial charge is 0.356 e. The van der Waals surface area contributed by atoms with Gasteiger partial charge in [0.25, 0.3) is 0 Å². The Balaban J connectivity index is 0.00000161. The van der Waals surface area contributed by atoms with Crippen molar-refractivity contribution in [2.24, 2.45) is 17.8 Å². The molecule has 3 aliphatic rings. The number of fused-ring (bicyclic) bond motifs is 1. The number of halogens is 1. The van der Waals surface area contributed by atoms with Gasteiger partial charge in [0.15, 0.2) is 0 Å². The molecule has 2 N–H and O–H groups in total. The van der Waals surface area contributed by atoms with Gasteiger partial charge < -0.3 is 10.6 Å². The van der Waals surface area contributed by atoms with Crippen LogP contribution in [0.1, 0.15) is 64.2 Å². The van der Waals surface area contributed by atoms with Gasteiger partial charge in [0.05, 0.1) is 0 Å². The number of amides is 1. The van der Waals surface area contributed by atoms with Gasteiger partial charge in [-0.25, -0.2) is 0 Å². The van der Waals surface area contributed by atoms with Crippen LogP contribution < -0.4 is 10.6 Å². The Morgan fingerprint density at radius 1 is 1.00 bits per heavy atom. The van der Waals surface area contributed by atoms with E-state index in [0.717, 1.165) is 44.2 Å². The van der Waals surface area contributed by atoms with Crippen molar-refractivity contribution in [3.8, 4) is 0 Å². The second-order valence-electron chi connectivity index (χ2n) is 7.19. The molecule has 3 rings (SSSR count). The molecule has 3 unspecified atom stereocenters. The van der Waals surface area contributed by atoms with Gasteiger partial charge in [0.1, 0.15) is 0 Å². The van der Waals surface area contributed by atoms with Gasteiger partial charge in [-0.2, -0.15) is 0 Å². The average molecular weight is 315 g/mol. The molecule has 4 heteroatoms. The molecule has 4 atom stereocenters. The molecule has 0 aromatic rings. The van der Waals surface area contributed by atoms with E-state index in [-0.39, 0.29) is 12.4 Å². The second kappa shape index (κ2) is 8.38. The summed E-state index contributed by atoms with van der Waals surface area (Å²) in [6, 6.07) is 0.643. The molecular weight excluding hydrogens is 284 g/mol. The molecule has 0 bridgehead atoms. The Hall–Kier alpha value is -0.280. The highest BCUT2D eigenvalue weighted by molar-refractivity contribution is 5.85. The zero-order chi connectivity index (χ0) is 13.8. The lowest BCUT2D eigenvalue weighted by atomic mass is 9.67. The van der Waals surface area contributed by atoms with Crippen molar-refractivity contribution in [3.63, 3.8) is 0 Å². The zero-order valence-electron chi connectivity index (χ0n) is 13.1. The fourth-order valence-electron chi connectivity index (χ4n) is 4.63. The molecule has 0 radical (unpaired) electrons. The van der Waals surface area contributed by atoms with E-state index in [1.54, 1.807) is 0 Å². The molecule has 0 aromatic carbocycles. The van der Waals surface area contributed by atoms with Crippen LogP contribution >= 0.6 is 12.4 Å². The summed E-state index contributed by atoms with van der Waals surface area (Å²) in [4.78, 5) is 12.3. The molecule has 1 aliphatic heterocycles. The predicted octanol–water partition coefficient (Wildman–Crippen LogP) is 3.27. The Morgan fingerprint density at radius 2 is 1.81 bits per heavy atom. The third-order valence-electron chi connectivity index (χ3n) is 5.86. The summed E-state index contributed by atoms with van der Waals surface area (Å²) in [5, 5.41) is 6.69. The lowest BCUT2D eigenvalue weighted by Crippen LogP contribution is -2.38. The van der Waals surface area contributed by atoms with E-state index in [9.17, 15) is 4.79 Å². The van der Waals surface area contributed by atoms with Crippen LogP contribution in [0.4, 0.5) is 0 Å². The standard InChI is InChI=1S/C17H30N2O.ClH/c20-17(19-11-9-16-6-3-10-18-16)15-8-7-13-4-1-2-5-14(13)12-15;/h13-16,18H,1-12H2,(H,19,20);1H/t13?,14?,15?,16-;/m1./s1. The zero-order valence-corrected chi connectivity index (χ0v) is 13.9. The molecule has 2 aliphatic carbocycles. The maximum absolute atomic E-state index is 12.3. The minimum atomic E-state index is 0. The van der Waals surface area contributed by atoms with Gasteiger partial charge in [-0.3, -0.25) is 4.79 Å². The summed E-state index contributed by atoms with van der Waals surface area (Å²) >= 11 is 0. The Bertz CT molecular complexity index is 331. The monoisotopic (exact) mass is 314 g/mol. The van der Waals surface area contributed by atoms with Crippen molar-refractivity contribution in [1.29, 1.82) is 0 Å². The van der Waals surface area contributed by atoms with E-state index in [1.807, 2.05) is 0 Å². The average Bonchev–Trinajstić information content (AvgIpc) is 3.00. The minimum absolute atomic E-state index is 0. The van der Waals surface area contributed by atoms with Crippen molar-refractivity contribution < 1.29 is 4.79 Å². The number of nitrogens with one attached hydrogen (secondary N) is 2. The summed E-state index contributed by atoms with van der Waals surface area (Å²) in [7, 11) is 0. The summed E-state index contributed by atoms with van der Waals surface area (Å²) in [5.41, 5.74) is 0. The number of hydrogen-bond donors (Lipinski definition) is 2. The van der Waals surface area contributed by atoms with Crippen LogP contribution in [0.2, 0.25) is 0 Å². The van der Waals surface area contributed by atoms with Crippen LogP contribution in [-0.2, 0) is 4.79 Å². The summed E-state index contributed by atoms with van der Waals surface area (Å²) in [6.45, 7) is 2.02. The van der Waals surface area contributed by atoms with Crippen LogP contribution in [0.25, 0.3) is 0 Å². The molecule has 3 fully saturated rings. The quantitative estimate of drug-likeness (QED) is 0.836. The molecule has 21 heavy (non-hydrogen) atoms. The molecular formula is C17H31ClN2O. The summed E-state index contributed by atoms with van der Waals surface area (Å²) in [5.74, 6) is 2.44. The van der Waals surface area contributed by atoms with Crippen molar-refractivity contribution in [2.75, 3.05) is 13.1 Å². The van der Waals surface area contributed by atoms with E-state index in [4.69, 9.17) is 0 Å². The lowest BCUT2D eigenvalue weighted by molar-refractivity contribution is -0.127. The summed E-state index contributed by atoms with van der Waals surface area (Å²) < 4.78 is 0. The third kappa shape index (κ3) is 4.59. The van der Waals surface area contributed by atoms with Crippen LogP contribution in [0.5, 0.6) is 0 Å². The topological polar surface area (TPSA) is 41.1 Å². The molecule has 2 saturated carbocycles. The Morgan fingerprint density at radius 3 is 2.57 bits per heavy atom. The molecule has 0 spiro atoms. The van der Waals surface area contributed by atoms with Gasteiger partial charge in [-0.15, -0.1) is 12.4 Å². The number of rotatable bonds is 4. The molecule has 1 amide bonds. The van der Waals surface area contributed by atoms with E-state index >= 15 is 0 Å². The fraction of sp³-hybridized carbons (Fsp3) is 0.941. The highest BCUT2D eigenvalue weighted by Crippen LogP contribution is 2.42. The van der Waals surface area contributed by atoms with Crippen LogP contribution in [0, 0.1) is 17.8 Å². The molecule has 1 saturated heterocycles. The maximum Gasteiger partial charge on any atom is 0.223 e. The number of carbonyl (C=O) groups is 1. The number of hydrogen-bond acceptors (Lipinski definition) is 2. The van der Waals surface area contributed by atoms with Crippen molar-refractivity contribution in [1.82, 2.24) is 10.6 Å². The molecule has 3 nitrogen and oxygen atoms in total. The highest BCUT2D eigenvalue weighted by atomic mass is 35.5. The number of carbonyl (C=O) groups excluding carboxylic acids is 1. The Labute approximate surface area is 135 Å². The van der Waals surface area contributed by atoms with E-state index in [0.29, 0.717) is 17.9 Å².